The Morgan fingerprint density at radius 1 is 0.769 bits per heavy atom. The van der Waals surface area contributed by atoms with Crippen LogP contribution in [0.25, 0.3) is 0 Å². The molecule has 7 nitrogen and oxygen atoms in total. The van der Waals surface area contributed by atoms with E-state index in [-0.39, 0.29) is 11.8 Å². The molecule has 0 N–H and O–H groups in total. The number of hydrogen-bond acceptors (Lipinski definition) is 6. The van der Waals surface area contributed by atoms with Crippen molar-refractivity contribution in [2.75, 3.05) is 33.0 Å². The first-order valence-corrected chi connectivity index (χ1v) is 16.8. The van der Waals surface area contributed by atoms with Crippen molar-refractivity contribution in [3.63, 3.8) is 0 Å². The molecule has 1 aliphatic rings. The lowest BCUT2D eigenvalue weighted by Gasteiger charge is -2.28. The first-order valence-electron chi connectivity index (χ1n) is 13.8. The van der Waals surface area contributed by atoms with Crippen LogP contribution in [0.2, 0.25) is 12.1 Å². The fraction of sp³-hybridized carbons (Fsp3) is 0.467. The van der Waals surface area contributed by atoms with Gasteiger partial charge in [-0.05, 0) is 70.5 Å². The van der Waals surface area contributed by atoms with Crippen molar-refractivity contribution < 1.29 is 27.3 Å². The molecule has 0 aromatic heterocycles. The highest BCUT2D eigenvalue weighted by Crippen LogP contribution is 2.26. The number of rotatable bonds is 14. The van der Waals surface area contributed by atoms with Crippen LogP contribution in [0.3, 0.4) is 0 Å². The summed E-state index contributed by atoms with van der Waals surface area (Å²) < 4.78 is 22.7. The van der Waals surface area contributed by atoms with Crippen LogP contribution in [0.5, 0.6) is 0 Å². The van der Waals surface area contributed by atoms with E-state index in [1.165, 1.54) is 17.4 Å². The average Bonchev–Trinajstić information content (AvgIpc) is 3.18. The Labute approximate surface area is 237 Å². The third kappa shape index (κ3) is 10.1. The maximum Gasteiger partial charge on any atom is 0.500 e. The first kappa shape index (κ1) is 32.6. The number of carbonyl (C=O) groups is 2. The number of amides is 2. The highest BCUT2D eigenvalue weighted by atomic mass is 28.4. The lowest BCUT2D eigenvalue weighted by Crippen LogP contribution is -2.46. The molecule has 0 bridgehead atoms. The minimum absolute atomic E-state index is 0.274. The van der Waals surface area contributed by atoms with Gasteiger partial charge in [0.2, 0.25) is 9.76 Å². The molecule has 9 heteroatoms. The first-order chi connectivity index (χ1) is 18.9. The largest absolute Gasteiger partial charge is 0.500 e. The van der Waals surface area contributed by atoms with Crippen LogP contribution < -0.4 is 0 Å². The topological polar surface area (TPSA) is 74.3 Å². The molecule has 0 unspecified atom stereocenters. The van der Waals surface area contributed by atoms with E-state index in [4.69, 9.17) is 17.7 Å². The number of imide groups is 1. The third-order valence-electron chi connectivity index (χ3n) is 5.65. The molecule has 2 aromatic carbocycles. The minimum atomic E-state index is -2.81. The Hall–Kier alpha value is -2.59. The second kappa shape index (κ2) is 17.9. The zero-order chi connectivity index (χ0) is 28.5. The number of carbonyl (C=O) groups excluding carboxylic acids is 2. The van der Waals surface area contributed by atoms with Gasteiger partial charge in [-0.1, -0.05) is 43.4 Å². The van der Waals surface area contributed by atoms with Crippen molar-refractivity contribution in [2.45, 2.75) is 59.5 Å². The Morgan fingerprint density at radius 3 is 1.97 bits per heavy atom. The number of benzene rings is 2. The normalized spacial score (nSPS) is 12.5. The summed E-state index contributed by atoms with van der Waals surface area (Å²) in [4.78, 5) is 27.1. The van der Waals surface area contributed by atoms with Gasteiger partial charge in [-0.3, -0.25) is 14.5 Å². The third-order valence-corrected chi connectivity index (χ3v) is 10.00. The van der Waals surface area contributed by atoms with E-state index in [2.05, 4.69) is 18.8 Å². The van der Waals surface area contributed by atoms with Crippen LogP contribution in [0, 0.1) is 11.8 Å². The summed E-state index contributed by atoms with van der Waals surface area (Å²) in [7, 11) is -2.08. The Morgan fingerprint density at radius 2 is 1.38 bits per heavy atom. The van der Waals surface area contributed by atoms with Gasteiger partial charge in [-0.2, -0.15) is 0 Å². The smallest absolute Gasteiger partial charge is 0.418 e. The predicted octanol–water partition coefficient (Wildman–Crippen LogP) is 5.59. The fourth-order valence-corrected chi connectivity index (χ4v) is 7.11. The van der Waals surface area contributed by atoms with E-state index >= 15 is 0 Å². The quantitative estimate of drug-likeness (QED) is 0.128. The van der Waals surface area contributed by atoms with Crippen LogP contribution in [-0.2, 0) is 17.7 Å². The highest BCUT2D eigenvalue weighted by Gasteiger charge is 2.41. The highest BCUT2D eigenvalue weighted by molar-refractivity contribution is 6.60. The minimum Gasteiger partial charge on any atom is -0.418 e. The summed E-state index contributed by atoms with van der Waals surface area (Å²) in [6.45, 7) is 12.6. The molecule has 2 aromatic rings. The monoisotopic (exact) mass is 567 g/mol. The van der Waals surface area contributed by atoms with Crippen molar-refractivity contribution in [3.05, 3.63) is 70.8 Å². The summed E-state index contributed by atoms with van der Waals surface area (Å²) in [6, 6.07) is 16.6. The Bertz CT molecular complexity index is 1080. The van der Waals surface area contributed by atoms with E-state index in [1.54, 1.807) is 18.2 Å². The maximum absolute atomic E-state index is 12.9. The molecule has 0 atom stereocenters. The SMILES string of the molecule is CCC[Si]OCC.CCO[Si](CCCN1C(=O)c2ccc(C#Cc3ccccc3)cc2C1=O)(OCC)OCC. The molecular formula is C30H41NO6Si2. The second-order valence-corrected chi connectivity index (χ2v) is 12.4. The van der Waals surface area contributed by atoms with Crippen molar-refractivity contribution in [3.8, 4) is 11.8 Å². The Kier molecular flexibility index (Phi) is 15.0. The van der Waals surface area contributed by atoms with Crippen LogP contribution >= 0.6 is 0 Å². The molecule has 0 spiro atoms. The molecule has 0 saturated heterocycles. The molecule has 3 rings (SSSR count). The summed E-state index contributed by atoms with van der Waals surface area (Å²) >= 11 is 0. The molecular weight excluding hydrogens is 527 g/mol. The van der Waals surface area contributed by atoms with Crippen LogP contribution in [0.15, 0.2) is 48.5 Å². The molecule has 2 amide bonds. The Balaban J connectivity index is 0.000000673. The molecule has 210 valence electrons. The lowest BCUT2D eigenvalue weighted by molar-refractivity contribution is 0.0612. The van der Waals surface area contributed by atoms with E-state index in [0.717, 1.165) is 21.9 Å². The summed E-state index contributed by atoms with van der Waals surface area (Å²) in [5.41, 5.74) is 2.41. The number of hydrogen-bond donors (Lipinski definition) is 0. The molecule has 1 aliphatic heterocycles. The maximum atomic E-state index is 12.9. The zero-order valence-electron chi connectivity index (χ0n) is 23.9. The zero-order valence-corrected chi connectivity index (χ0v) is 25.9. The lowest BCUT2D eigenvalue weighted by atomic mass is 10.1. The van der Waals surface area contributed by atoms with E-state index < -0.39 is 8.80 Å². The molecule has 0 fully saturated rings. The van der Waals surface area contributed by atoms with Crippen molar-refractivity contribution in [2.24, 2.45) is 0 Å². The van der Waals surface area contributed by atoms with Crippen molar-refractivity contribution in [1.82, 2.24) is 4.90 Å². The molecule has 0 aliphatic carbocycles. The van der Waals surface area contributed by atoms with E-state index in [9.17, 15) is 9.59 Å². The van der Waals surface area contributed by atoms with Crippen LogP contribution in [0.4, 0.5) is 0 Å². The van der Waals surface area contributed by atoms with Gasteiger partial charge in [0.25, 0.3) is 11.8 Å². The van der Waals surface area contributed by atoms with Gasteiger partial charge in [0, 0.05) is 50.1 Å². The predicted molar refractivity (Wildman–Crippen MR) is 157 cm³/mol. The standard InChI is InChI=1S/C25H29NO5Si.C5H12OSi/c1-4-29-32(30-5-2,31-6-3)18-10-17-26-24(27)22-16-15-21(19-23(22)25(26)28)14-13-20-11-8-7-9-12-20;1-3-5-7-6-4-2/h7-9,11-12,15-16,19H,4-6,10,17-18H2,1-3H3;3-5H2,1-2H3. The van der Waals surface area contributed by atoms with Gasteiger partial charge in [-0.25, -0.2) is 0 Å². The molecule has 0 saturated carbocycles. The summed E-state index contributed by atoms with van der Waals surface area (Å²) in [5.74, 6) is 5.59. The van der Waals surface area contributed by atoms with Crippen molar-refractivity contribution in [1.29, 1.82) is 0 Å². The van der Waals surface area contributed by atoms with Gasteiger partial charge < -0.3 is 17.7 Å². The summed E-state index contributed by atoms with van der Waals surface area (Å²) in [6.07, 6.45) is 1.80. The average molecular weight is 568 g/mol. The van der Waals surface area contributed by atoms with E-state index in [1.807, 2.05) is 58.0 Å². The number of fused-ring (bicyclic) bond motifs is 1. The van der Waals surface area contributed by atoms with Crippen LogP contribution in [0.1, 0.15) is 79.3 Å². The van der Waals surface area contributed by atoms with Gasteiger partial charge in [0.1, 0.15) is 0 Å². The van der Waals surface area contributed by atoms with Crippen LogP contribution in [-0.4, -0.2) is 68.3 Å². The van der Waals surface area contributed by atoms with E-state index in [0.29, 0.717) is 55.5 Å². The summed E-state index contributed by atoms with van der Waals surface area (Å²) in [5, 5.41) is 0. The van der Waals surface area contributed by atoms with Gasteiger partial charge in [0.05, 0.1) is 11.1 Å². The van der Waals surface area contributed by atoms with Crippen molar-refractivity contribution >= 4 is 30.4 Å². The second-order valence-electron chi connectivity index (χ2n) is 8.55. The van der Waals surface area contributed by atoms with Gasteiger partial charge >= 0.3 is 8.80 Å². The number of nitrogens with zero attached hydrogens (tertiary/aromatic N) is 1. The van der Waals surface area contributed by atoms with Gasteiger partial charge in [0.15, 0.2) is 0 Å². The molecule has 1 heterocycles. The fourth-order valence-electron chi connectivity index (χ4n) is 3.97. The molecule has 39 heavy (non-hydrogen) atoms. The van der Waals surface area contributed by atoms with Gasteiger partial charge in [-0.15, -0.1) is 0 Å². The molecule has 2 radical (unpaired) electrons.